The minimum absolute atomic E-state index is 0.0545. The van der Waals surface area contributed by atoms with Gasteiger partial charge in [0.15, 0.2) is 11.5 Å². The zero-order valence-electron chi connectivity index (χ0n) is 16.0. The maximum atomic E-state index is 12.6. The Morgan fingerprint density at radius 3 is 2.64 bits per heavy atom. The zero-order chi connectivity index (χ0) is 20.1. The number of rotatable bonds is 6. The Hall–Kier alpha value is -2.93. The molecule has 146 valence electrons. The summed E-state index contributed by atoms with van der Waals surface area (Å²) in [5.41, 5.74) is 2.40. The molecule has 0 atom stereocenters. The van der Waals surface area contributed by atoms with E-state index < -0.39 is 0 Å². The topological polar surface area (TPSA) is 67.9 Å². The van der Waals surface area contributed by atoms with Gasteiger partial charge in [-0.15, -0.1) is 11.8 Å². The molecule has 1 N–H and O–H groups in total. The fraction of sp³-hybridized carbons (Fsp3) is 0.238. The van der Waals surface area contributed by atoms with Crippen LogP contribution in [0.5, 0.6) is 11.5 Å². The van der Waals surface area contributed by atoms with Crippen molar-refractivity contribution in [2.75, 3.05) is 32.3 Å². The standard InChI is InChI=1S/C21H22N2O4S/c1-26-18-9-14-7-8-23(21(25)11-15(14)10-19(18)27-2)13-20(24)22-16-5-4-6-17(12-16)28-3/h4-10,12H,11,13H2,1-3H3,(H,22,24). The number of hydrogen-bond donors (Lipinski definition) is 1. The number of carbonyl (C=O) groups excluding carboxylic acids is 2. The summed E-state index contributed by atoms with van der Waals surface area (Å²) in [4.78, 5) is 27.5. The van der Waals surface area contributed by atoms with E-state index >= 15 is 0 Å². The number of hydrogen-bond acceptors (Lipinski definition) is 5. The van der Waals surface area contributed by atoms with Gasteiger partial charge in [-0.1, -0.05) is 6.07 Å². The van der Waals surface area contributed by atoms with Crippen LogP contribution in [0.4, 0.5) is 5.69 Å². The zero-order valence-corrected chi connectivity index (χ0v) is 16.8. The maximum absolute atomic E-state index is 12.6. The van der Waals surface area contributed by atoms with Crippen molar-refractivity contribution in [2.24, 2.45) is 0 Å². The molecule has 0 radical (unpaired) electrons. The molecule has 7 heteroatoms. The van der Waals surface area contributed by atoms with Crippen LogP contribution >= 0.6 is 11.8 Å². The molecule has 3 rings (SSSR count). The van der Waals surface area contributed by atoms with E-state index in [9.17, 15) is 9.59 Å². The van der Waals surface area contributed by atoms with Gasteiger partial charge in [-0.3, -0.25) is 9.59 Å². The van der Waals surface area contributed by atoms with Crippen molar-refractivity contribution in [1.29, 1.82) is 0 Å². The van der Waals surface area contributed by atoms with Crippen molar-refractivity contribution in [2.45, 2.75) is 11.3 Å². The summed E-state index contributed by atoms with van der Waals surface area (Å²) in [6.07, 6.45) is 5.60. The molecule has 0 aromatic heterocycles. The van der Waals surface area contributed by atoms with Gasteiger partial charge in [-0.25, -0.2) is 0 Å². The average Bonchev–Trinajstić information content (AvgIpc) is 2.85. The predicted octanol–water partition coefficient (Wildman–Crippen LogP) is 3.42. The highest BCUT2D eigenvalue weighted by Gasteiger charge is 2.21. The van der Waals surface area contributed by atoms with Crippen LogP contribution in [-0.4, -0.2) is 43.7 Å². The number of methoxy groups -OCH3 is 2. The first-order chi connectivity index (χ1) is 13.5. The summed E-state index contributed by atoms with van der Waals surface area (Å²) in [6, 6.07) is 11.2. The van der Waals surface area contributed by atoms with E-state index in [-0.39, 0.29) is 24.8 Å². The third kappa shape index (κ3) is 4.48. The minimum atomic E-state index is -0.252. The Labute approximate surface area is 168 Å². The molecule has 2 aromatic rings. The Kier molecular flexibility index (Phi) is 6.26. The second-order valence-corrected chi connectivity index (χ2v) is 7.08. The molecule has 1 aliphatic rings. The fourth-order valence-electron chi connectivity index (χ4n) is 2.96. The molecule has 0 spiro atoms. The highest BCUT2D eigenvalue weighted by Crippen LogP contribution is 2.32. The van der Waals surface area contributed by atoms with Crippen molar-refractivity contribution < 1.29 is 19.1 Å². The Morgan fingerprint density at radius 1 is 1.18 bits per heavy atom. The molecule has 6 nitrogen and oxygen atoms in total. The van der Waals surface area contributed by atoms with Crippen LogP contribution in [0.15, 0.2) is 47.5 Å². The highest BCUT2D eigenvalue weighted by atomic mass is 32.2. The number of anilines is 1. The van der Waals surface area contributed by atoms with E-state index in [1.165, 1.54) is 4.90 Å². The minimum Gasteiger partial charge on any atom is -0.493 e. The first-order valence-corrected chi connectivity index (χ1v) is 9.93. The molecule has 1 heterocycles. The number of nitrogens with one attached hydrogen (secondary N) is 1. The molecule has 1 aliphatic heterocycles. The predicted molar refractivity (Wildman–Crippen MR) is 111 cm³/mol. The largest absolute Gasteiger partial charge is 0.493 e. The maximum Gasteiger partial charge on any atom is 0.244 e. The van der Waals surface area contributed by atoms with E-state index in [1.54, 1.807) is 38.2 Å². The van der Waals surface area contributed by atoms with Crippen LogP contribution in [0, 0.1) is 0 Å². The molecule has 0 aliphatic carbocycles. The molecule has 2 aromatic carbocycles. The molecule has 0 unspecified atom stereocenters. The van der Waals surface area contributed by atoms with Gasteiger partial charge < -0.3 is 19.7 Å². The van der Waals surface area contributed by atoms with Crippen LogP contribution in [-0.2, 0) is 16.0 Å². The van der Waals surface area contributed by atoms with E-state index in [1.807, 2.05) is 42.7 Å². The number of benzene rings is 2. The number of amides is 2. The summed E-state index contributed by atoms with van der Waals surface area (Å²) >= 11 is 1.60. The van der Waals surface area contributed by atoms with E-state index in [2.05, 4.69) is 5.32 Å². The average molecular weight is 398 g/mol. The molecule has 0 saturated heterocycles. The molecular formula is C21H22N2O4S. The molecule has 28 heavy (non-hydrogen) atoms. The van der Waals surface area contributed by atoms with Gasteiger partial charge in [0.25, 0.3) is 0 Å². The van der Waals surface area contributed by atoms with Crippen molar-refractivity contribution in [3.63, 3.8) is 0 Å². The Morgan fingerprint density at radius 2 is 1.93 bits per heavy atom. The van der Waals surface area contributed by atoms with Crippen LogP contribution in [0.3, 0.4) is 0 Å². The summed E-state index contributed by atoms with van der Waals surface area (Å²) in [5, 5.41) is 2.84. The number of thioether (sulfide) groups is 1. The van der Waals surface area contributed by atoms with Gasteiger partial charge in [-0.05, 0) is 53.8 Å². The van der Waals surface area contributed by atoms with Gasteiger partial charge in [-0.2, -0.15) is 0 Å². The first-order valence-electron chi connectivity index (χ1n) is 8.70. The number of carbonyl (C=O) groups is 2. The van der Waals surface area contributed by atoms with Gasteiger partial charge in [0.05, 0.1) is 20.6 Å². The number of fused-ring (bicyclic) bond motifs is 1. The van der Waals surface area contributed by atoms with Crippen LogP contribution in [0.2, 0.25) is 0 Å². The fourth-order valence-corrected chi connectivity index (χ4v) is 3.42. The summed E-state index contributed by atoms with van der Waals surface area (Å²) in [7, 11) is 3.12. The highest BCUT2D eigenvalue weighted by molar-refractivity contribution is 7.98. The Balaban J connectivity index is 1.73. The molecule has 2 amide bonds. The van der Waals surface area contributed by atoms with Gasteiger partial charge in [0, 0.05) is 16.8 Å². The van der Waals surface area contributed by atoms with Crippen molar-refractivity contribution in [1.82, 2.24) is 4.90 Å². The second kappa shape index (κ2) is 8.84. The molecule has 0 saturated carbocycles. The van der Waals surface area contributed by atoms with Crippen molar-refractivity contribution in [3.8, 4) is 11.5 Å². The monoisotopic (exact) mass is 398 g/mol. The number of nitrogens with zero attached hydrogens (tertiary/aromatic N) is 1. The summed E-state index contributed by atoms with van der Waals surface area (Å²) in [6.45, 7) is -0.0545. The molecular weight excluding hydrogens is 376 g/mol. The third-order valence-corrected chi connectivity index (χ3v) is 5.13. The lowest BCUT2D eigenvalue weighted by atomic mass is 10.0. The quantitative estimate of drug-likeness (QED) is 0.755. The second-order valence-electron chi connectivity index (χ2n) is 6.20. The lowest BCUT2D eigenvalue weighted by Gasteiger charge is -2.17. The van der Waals surface area contributed by atoms with E-state index in [0.717, 1.165) is 16.0 Å². The van der Waals surface area contributed by atoms with Crippen molar-refractivity contribution >= 4 is 35.3 Å². The summed E-state index contributed by atoms with van der Waals surface area (Å²) in [5.74, 6) is 0.758. The van der Waals surface area contributed by atoms with E-state index in [0.29, 0.717) is 17.2 Å². The van der Waals surface area contributed by atoms with Crippen LogP contribution < -0.4 is 14.8 Å². The van der Waals surface area contributed by atoms with Crippen LogP contribution in [0.1, 0.15) is 11.1 Å². The third-order valence-electron chi connectivity index (χ3n) is 4.41. The Bertz CT molecular complexity index is 927. The lowest BCUT2D eigenvalue weighted by Crippen LogP contribution is -2.34. The summed E-state index contributed by atoms with van der Waals surface area (Å²) < 4.78 is 10.6. The van der Waals surface area contributed by atoms with Gasteiger partial charge in [0.2, 0.25) is 11.8 Å². The van der Waals surface area contributed by atoms with Crippen LogP contribution in [0.25, 0.3) is 6.08 Å². The normalized spacial score (nSPS) is 13.0. The lowest BCUT2D eigenvalue weighted by molar-refractivity contribution is -0.131. The first kappa shape index (κ1) is 19.8. The van der Waals surface area contributed by atoms with Gasteiger partial charge in [0.1, 0.15) is 6.54 Å². The van der Waals surface area contributed by atoms with E-state index in [4.69, 9.17) is 9.47 Å². The molecule has 0 fully saturated rings. The SMILES string of the molecule is COc1cc2c(cc1OC)CC(=O)N(CC(=O)Nc1cccc(SC)c1)C=C2. The molecule has 0 bridgehead atoms. The smallest absolute Gasteiger partial charge is 0.244 e. The number of ether oxygens (including phenoxy) is 2. The van der Waals surface area contributed by atoms with Crippen molar-refractivity contribution in [3.05, 3.63) is 53.7 Å². The van der Waals surface area contributed by atoms with Gasteiger partial charge >= 0.3 is 0 Å².